The summed E-state index contributed by atoms with van der Waals surface area (Å²) in [5.41, 5.74) is 0. The van der Waals surface area contributed by atoms with Crippen LogP contribution in [-0.4, -0.2) is 13.1 Å². The summed E-state index contributed by atoms with van der Waals surface area (Å²) in [5.74, 6) is -0.350. The molecule has 0 saturated heterocycles. The van der Waals surface area contributed by atoms with Gasteiger partial charge in [-0.2, -0.15) is 0 Å². The van der Waals surface area contributed by atoms with Crippen LogP contribution in [0.4, 0.5) is 9.18 Å². The van der Waals surface area contributed by atoms with E-state index >= 15 is 0 Å². The van der Waals surface area contributed by atoms with E-state index in [0.29, 0.717) is 0 Å². The molecule has 0 spiro atoms. The Bertz CT molecular complexity index is 330. The number of nitrogens with one attached hydrogen (secondary N) is 1. The van der Waals surface area contributed by atoms with Crippen LogP contribution < -0.4 is 10.1 Å². The van der Waals surface area contributed by atoms with E-state index in [1.165, 1.54) is 13.1 Å². The SMILES string of the molecule is CNC(=O)Oc1ccc(F)cc1Cl. The van der Waals surface area contributed by atoms with Gasteiger partial charge in [-0.3, -0.25) is 0 Å². The zero-order chi connectivity index (χ0) is 9.84. The van der Waals surface area contributed by atoms with Crippen molar-refractivity contribution >= 4 is 17.7 Å². The van der Waals surface area contributed by atoms with Gasteiger partial charge in [-0.25, -0.2) is 9.18 Å². The number of rotatable bonds is 1. The standard InChI is InChI=1S/C8H7ClFNO2/c1-11-8(12)13-7-3-2-5(10)4-6(7)9/h2-4H,1H3,(H,11,12). The smallest absolute Gasteiger partial charge is 0.409 e. The van der Waals surface area contributed by atoms with Crippen LogP contribution in [0, 0.1) is 5.82 Å². The Hall–Kier alpha value is -1.29. The number of amides is 1. The van der Waals surface area contributed by atoms with Crippen LogP contribution in [0.15, 0.2) is 18.2 Å². The Morgan fingerprint density at radius 2 is 2.31 bits per heavy atom. The maximum atomic E-state index is 12.5. The average Bonchev–Trinajstić information content (AvgIpc) is 2.09. The van der Waals surface area contributed by atoms with E-state index in [-0.39, 0.29) is 10.8 Å². The van der Waals surface area contributed by atoms with Crippen molar-refractivity contribution in [3.8, 4) is 5.75 Å². The van der Waals surface area contributed by atoms with E-state index in [4.69, 9.17) is 16.3 Å². The number of benzene rings is 1. The fourth-order valence-electron chi connectivity index (χ4n) is 0.709. The minimum atomic E-state index is -0.645. The number of ether oxygens (including phenoxy) is 1. The highest BCUT2D eigenvalue weighted by molar-refractivity contribution is 6.32. The van der Waals surface area contributed by atoms with E-state index < -0.39 is 11.9 Å². The van der Waals surface area contributed by atoms with Crippen LogP contribution in [0.5, 0.6) is 5.75 Å². The molecule has 0 aliphatic carbocycles. The maximum Gasteiger partial charge on any atom is 0.412 e. The van der Waals surface area contributed by atoms with E-state index in [1.807, 2.05) is 0 Å². The minimum Gasteiger partial charge on any atom is -0.409 e. The second-order valence-electron chi connectivity index (χ2n) is 2.21. The summed E-state index contributed by atoms with van der Waals surface area (Å²) >= 11 is 5.59. The van der Waals surface area contributed by atoms with Gasteiger partial charge < -0.3 is 10.1 Å². The number of halogens is 2. The van der Waals surface area contributed by atoms with Crippen LogP contribution in [0.25, 0.3) is 0 Å². The summed E-state index contributed by atoms with van der Waals surface area (Å²) in [5, 5.41) is 2.30. The van der Waals surface area contributed by atoms with Crippen LogP contribution >= 0.6 is 11.6 Å². The first-order chi connectivity index (χ1) is 6.13. The summed E-state index contributed by atoms with van der Waals surface area (Å²) in [4.78, 5) is 10.7. The molecule has 0 unspecified atom stereocenters. The first kappa shape index (κ1) is 9.80. The lowest BCUT2D eigenvalue weighted by Crippen LogP contribution is -2.22. The third-order valence-electron chi connectivity index (χ3n) is 1.30. The Labute approximate surface area is 79.5 Å². The number of hydrogen-bond donors (Lipinski definition) is 1. The molecule has 0 heterocycles. The molecule has 1 aromatic carbocycles. The Morgan fingerprint density at radius 3 is 2.85 bits per heavy atom. The first-order valence-electron chi connectivity index (χ1n) is 3.48. The molecular weight excluding hydrogens is 197 g/mol. The van der Waals surface area contributed by atoms with Gasteiger partial charge in [0.1, 0.15) is 5.82 Å². The van der Waals surface area contributed by atoms with Gasteiger partial charge in [0.25, 0.3) is 0 Å². The quantitative estimate of drug-likeness (QED) is 0.760. The molecule has 5 heteroatoms. The average molecular weight is 204 g/mol. The monoisotopic (exact) mass is 203 g/mol. The van der Waals surface area contributed by atoms with Crippen LogP contribution in [-0.2, 0) is 0 Å². The molecule has 3 nitrogen and oxygen atoms in total. The molecule has 13 heavy (non-hydrogen) atoms. The molecule has 0 saturated carbocycles. The van der Waals surface area contributed by atoms with Crippen molar-refractivity contribution in [1.29, 1.82) is 0 Å². The molecule has 1 aromatic rings. The fraction of sp³-hybridized carbons (Fsp3) is 0.125. The van der Waals surface area contributed by atoms with E-state index in [1.54, 1.807) is 0 Å². The lowest BCUT2D eigenvalue weighted by atomic mass is 10.3. The van der Waals surface area contributed by atoms with Crippen LogP contribution in [0.3, 0.4) is 0 Å². The van der Waals surface area contributed by atoms with Gasteiger partial charge in [0.2, 0.25) is 0 Å². The molecule has 1 rings (SSSR count). The van der Waals surface area contributed by atoms with Crippen molar-refractivity contribution in [1.82, 2.24) is 5.32 Å². The Kier molecular flexibility index (Phi) is 3.08. The van der Waals surface area contributed by atoms with Gasteiger partial charge in [-0.1, -0.05) is 11.6 Å². The molecule has 0 radical (unpaired) electrons. The molecule has 0 aliphatic heterocycles. The topological polar surface area (TPSA) is 38.3 Å². The van der Waals surface area contributed by atoms with Crippen molar-refractivity contribution in [2.24, 2.45) is 0 Å². The molecule has 1 amide bonds. The minimum absolute atomic E-state index is 0.0589. The predicted molar refractivity (Wildman–Crippen MR) is 46.5 cm³/mol. The van der Waals surface area contributed by atoms with E-state index in [0.717, 1.165) is 12.1 Å². The number of carbonyl (C=O) groups excluding carboxylic acids is 1. The van der Waals surface area contributed by atoms with Gasteiger partial charge in [-0.15, -0.1) is 0 Å². The number of hydrogen-bond acceptors (Lipinski definition) is 2. The fourth-order valence-corrected chi connectivity index (χ4v) is 0.915. The molecule has 0 fully saturated rings. The van der Waals surface area contributed by atoms with Crippen molar-refractivity contribution in [2.45, 2.75) is 0 Å². The molecule has 0 aromatic heterocycles. The van der Waals surface area contributed by atoms with Gasteiger partial charge in [0.15, 0.2) is 5.75 Å². The van der Waals surface area contributed by atoms with E-state index in [2.05, 4.69) is 5.32 Å². The highest BCUT2D eigenvalue weighted by Crippen LogP contribution is 2.24. The normalized spacial score (nSPS) is 9.46. The zero-order valence-electron chi connectivity index (χ0n) is 6.80. The molecule has 1 N–H and O–H groups in total. The van der Waals surface area contributed by atoms with Gasteiger partial charge in [0.05, 0.1) is 5.02 Å². The second kappa shape index (κ2) is 4.09. The summed E-state index contributed by atoms with van der Waals surface area (Å²) in [7, 11) is 1.42. The third-order valence-corrected chi connectivity index (χ3v) is 1.60. The third kappa shape index (κ3) is 2.59. The Morgan fingerprint density at radius 1 is 1.62 bits per heavy atom. The van der Waals surface area contributed by atoms with Gasteiger partial charge >= 0.3 is 6.09 Å². The lowest BCUT2D eigenvalue weighted by Gasteiger charge is -2.04. The molecule has 70 valence electrons. The van der Waals surface area contributed by atoms with Gasteiger partial charge in [0, 0.05) is 7.05 Å². The highest BCUT2D eigenvalue weighted by Gasteiger charge is 2.06. The molecule has 0 bridgehead atoms. The van der Waals surface area contributed by atoms with Crippen LogP contribution in [0.2, 0.25) is 5.02 Å². The summed E-state index contributed by atoms with van der Waals surface area (Å²) in [6.45, 7) is 0. The predicted octanol–water partition coefficient (Wildman–Crippen LogP) is 2.20. The van der Waals surface area contributed by atoms with Crippen molar-refractivity contribution < 1.29 is 13.9 Å². The van der Waals surface area contributed by atoms with Gasteiger partial charge in [-0.05, 0) is 18.2 Å². The summed E-state index contributed by atoms with van der Waals surface area (Å²) in [6, 6.07) is 3.51. The van der Waals surface area contributed by atoms with Crippen molar-refractivity contribution in [2.75, 3.05) is 7.05 Å². The second-order valence-corrected chi connectivity index (χ2v) is 2.62. The molecule has 0 atom stereocenters. The molecular formula is C8H7ClFNO2. The summed E-state index contributed by atoms with van der Waals surface area (Å²) < 4.78 is 17.2. The molecule has 0 aliphatic rings. The summed E-state index contributed by atoms with van der Waals surface area (Å²) in [6.07, 6.45) is -0.645. The van der Waals surface area contributed by atoms with Crippen molar-refractivity contribution in [3.63, 3.8) is 0 Å². The van der Waals surface area contributed by atoms with Crippen LogP contribution in [0.1, 0.15) is 0 Å². The zero-order valence-corrected chi connectivity index (χ0v) is 7.56. The first-order valence-corrected chi connectivity index (χ1v) is 3.86. The van der Waals surface area contributed by atoms with Crippen molar-refractivity contribution in [3.05, 3.63) is 29.0 Å². The van der Waals surface area contributed by atoms with E-state index in [9.17, 15) is 9.18 Å². The lowest BCUT2D eigenvalue weighted by molar-refractivity contribution is 0.203. The highest BCUT2D eigenvalue weighted by atomic mass is 35.5. The Balaban J connectivity index is 2.83. The maximum absolute atomic E-state index is 12.5. The number of carbonyl (C=O) groups is 1. The largest absolute Gasteiger partial charge is 0.412 e.